The number of carbonyl (C=O) groups excluding carboxylic acids is 1. The number of pyridine rings is 1. The van der Waals surface area contributed by atoms with Gasteiger partial charge in [-0.3, -0.25) is 4.79 Å². The lowest BCUT2D eigenvalue weighted by Gasteiger charge is -2.16. The summed E-state index contributed by atoms with van der Waals surface area (Å²) in [4.78, 5) is 18.6. The van der Waals surface area contributed by atoms with Crippen molar-refractivity contribution in [2.24, 2.45) is 0 Å². The zero-order valence-corrected chi connectivity index (χ0v) is 14.1. The number of aromatic nitrogens is 1. The Bertz CT molecular complexity index is 668. The number of hydrogen-bond donors (Lipinski definition) is 1. The van der Waals surface area contributed by atoms with Crippen LogP contribution in [0.5, 0.6) is 5.75 Å². The zero-order chi connectivity index (χ0) is 16.8. The summed E-state index contributed by atoms with van der Waals surface area (Å²) in [5, 5.41) is 3.46. The molecule has 1 saturated heterocycles. The van der Waals surface area contributed by atoms with Crippen molar-refractivity contribution in [3.63, 3.8) is 0 Å². The molecule has 1 aromatic heterocycles. The van der Waals surface area contributed by atoms with E-state index in [9.17, 15) is 4.79 Å². The van der Waals surface area contributed by atoms with Gasteiger partial charge in [-0.25, -0.2) is 4.98 Å². The van der Waals surface area contributed by atoms with Crippen molar-refractivity contribution in [1.29, 1.82) is 0 Å². The molecule has 24 heavy (non-hydrogen) atoms. The Labute approximate surface area is 146 Å². The number of benzene rings is 1. The Balaban J connectivity index is 1.43. The number of amides is 1. The largest absolute Gasteiger partial charge is 0.484 e. The number of nitrogens with zero attached hydrogens (tertiary/aromatic N) is 2. The van der Waals surface area contributed by atoms with Gasteiger partial charge in [0.05, 0.1) is 0 Å². The molecule has 6 heteroatoms. The summed E-state index contributed by atoms with van der Waals surface area (Å²) < 4.78 is 5.40. The van der Waals surface area contributed by atoms with E-state index in [0.717, 1.165) is 24.5 Å². The van der Waals surface area contributed by atoms with Gasteiger partial charge in [-0.1, -0.05) is 17.7 Å². The Morgan fingerprint density at radius 2 is 1.92 bits per heavy atom. The number of halogens is 1. The highest BCUT2D eigenvalue weighted by molar-refractivity contribution is 6.30. The molecule has 1 amide bonds. The molecule has 3 rings (SSSR count). The second kappa shape index (κ2) is 8.02. The summed E-state index contributed by atoms with van der Waals surface area (Å²) >= 11 is 5.80. The van der Waals surface area contributed by atoms with Gasteiger partial charge in [0.25, 0.3) is 5.91 Å². The van der Waals surface area contributed by atoms with E-state index in [1.807, 2.05) is 18.3 Å². The number of ether oxygens (including phenoxy) is 1. The first-order valence-electron chi connectivity index (χ1n) is 8.06. The molecule has 2 heterocycles. The normalized spacial score (nSPS) is 13.8. The molecule has 0 bridgehead atoms. The minimum absolute atomic E-state index is 0.0269. The molecule has 0 aliphatic carbocycles. The van der Waals surface area contributed by atoms with Gasteiger partial charge in [0.1, 0.15) is 11.6 Å². The molecule has 0 unspecified atom stereocenters. The highest BCUT2D eigenvalue weighted by atomic mass is 35.5. The molecule has 1 aliphatic heterocycles. The van der Waals surface area contributed by atoms with Gasteiger partial charge in [0.2, 0.25) is 0 Å². The molecule has 0 atom stereocenters. The van der Waals surface area contributed by atoms with E-state index < -0.39 is 0 Å². The Morgan fingerprint density at radius 1 is 1.17 bits per heavy atom. The van der Waals surface area contributed by atoms with Crippen molar-refractivity contribution >= 4 is 23.3 Å². The van der Waals surface area contributed by atoms with Crippen LogP contribution in [0.3, 0.4) is 0 Å². The molecule has 1 aliphatic rings. The molecule has 2 aromatic rings. The maximum absolute atomic E-state index is 11.8. The van der Waals surface area contributed by atoms with Crippen LogP contribution < -0.4 is 15.0 Å². The van der Waals surface area contributed by atoms with E-state index in [1.54, 1.807) is 24.3 Å². The predicted molar refractivity (Wildman–Crippen MR) is 94.5 cm³/mol. The topological polar surface area (TPSA) is 54.5 Å². The van der Waals surface area contributed by atoms with Crippen LogP contribution in [0.4, 0.5) is 5.82 Å². The molecular formula is C18H20ClN3O2. The van der Waals surface area contributed by atoms with Crippen LogP contribution in [0.1, 0.15) is 18.4 Å². The smallest absolute Gasteiger partial charge is 0.258 e. The van der Waals surface area contributed by atoms with Crippen LogP contribution in [0, 0.1) is 0 Å². The van der Waals surface area contributed by atoms with Crippen molar-refractivity contribution in [2.45, 2.75) is 19.4 Å². The first-order valence-corrected chi connectivity index (χ1v) is 8.43. The fourth-order valence-corrected chi connectivity index (χ4v) is 2.71. The van der Waals surface area contributed by atoms with E-state index in [2.05, 4.69) is 15.2 Å². The molecule has 1 fully saturated rings. The van der Waals surface area contributed by atoms with Crippen LogP contribution in [-0.2, 0) is 11.3 Å². The standard InChI is InChI=1S/C18H20ClN3O2/c19-15-4-6-16(7-5-15)24-13-18(23)21-12-14-3-8-17(20-11-14)22-9-1-2-10-22/h3-8,11H,1-2,9-10,12-13H2,(H,21,23). The highest BCUT2D eigenvalue weighted by Gasteiger charge is 2.13. The van der Waals surface area contributed by atoms with Gasteiger partial charge in [-0.15, -0.1) is 0 Å². The lowest BCUT2D eigenvalue weighted by atomic mass is 10.2. The van der Waals surface area contributed by atoms with Gasteiger partial charge in [-0.05, 0) is 48.7 Å². The third kappa shape index (κ3) is 4.61. The van der Waals surface area contributed by atoms with Crippen LogP contribution in [0.25, 0.3) is 0 Å². The van der Waals surface area contributed by atoms with Crippen molar-refractivity contribution in [1.82, 2.24) is 10.3 Å². The predicted octanol–water partition coefficient (Wildman–Crippen LogP) is 3.03. The van der Waals surface area contributed by atoms with Gasteiger partial charge in [0.15, 0.2) is 6.61 Å². The van der Waals surface area contributed by atoms with Crippen LogP contribution in [0.15, 0.2) is 42.6 Å². The summed E-state index contributed by atoms with van der Waals surface area (Å²) in [5.41, 5.74) is 0.970. The van der Waals surface area contributed by atoms with Crippen molar-refractivity contribution in [3.8, 4) is 5.75 Å². The number of carbonyl (C=O) groups is 1. The van der Waals surface area contributed by atoms with Crippen molar-refractivity contribution in [3.05, 3.63) is 53.2 Å². The fourth-order valence-electron chi connectivity index (χ4n) is 2.59. The lowest BCUT2D eigenvalue weighted by molar-refractivity contribution is -0.123. The van der Waals surface area contributed by atoms with Crippen molar-refractivity contribution < 1.29 is 9.53 Å². The van der Waals surface area contributed by atoms with Gasteiger partial charge in [-0.2, -0.15) is 0 Å². The first-order chi connectivity index (χ1) is 11.7. The van der Waals surface area contributed by atoms with E-state index in [-0.39, 0.29) is 12.5 Å². The summed E-state index contributed by atoms with van der Waals surface area (Å²) in [5.74, 6) is 1.45. The third-order valence-electron chi connectivity index (χ3n) is 3.91. The Hall–Kier alpha value is -2.27. The highest BCUT2D eigenvalue weighted by Crippen LogP contribution is 2.17. The van der Waals surface area contributed by atoms with Crippen LogP contribution in [-0.4, -0.2) is 30.6 Å². The van der Waals surface area contributed by atoms with Gasteiger partial charge >= 0.3 is 0 Å². The number of nitrogens with one attached hydrogen (secondary N) is 1. The van der Waals surface area contributed by atoms with Gasteiger partial charge in [0, 0.05) is 30.9 Å². The quantitative estimate of drug-likeness (QED) is 0.874. The molecule has 126 valence electrons. The summed E-state index contributed by atoms with van der Waals surface area (Å²) in [6.07, 6.45) is 4.27. The number of hydrogen-bond acceptors (Lipinski definition) is 4. The maximum Gasteiger partial charge on any atom is 0.258 e. The van der Waals surface area contributed by atoms with Crippen LogP contribution >= 0.6 is 11.6 Å². The number of rotatable bonds is 6. The third-order valence-corrected chi connectivity index (χ3v) is 4.16. The number of anilines is 1. The fraction of sp³-hybridized carbons (Fsp3) is 0.333. The SMILES string of the molecule is O=C(COc1ccc(Cl)cc1)NCc1ccc(N2CCCC2)nc1. The van der Waals surface area contributed by atoms with E-state index in [4.69, 9.17) is 16.3 Å². The minimum atomic E-state index is -0.173. The summed E-state index contributed by atoms with van der Waals surface area (Å²) in [6, 6.07) is 10.9. The summed E-state index contributed by atoms with van der Waals surface area (Å²) in [6.45, 7) is 2.56. The molecule has 0 saturated carbocycles. The average molecular weight is 346 g/mol. The van der Waals surface area contributed by atoms with Crippen LogP contribution in [0.2, 0.25) is 5.02 Å². The Morgan fingerprint density at radius 3 is 2.58 bits per heavy atom. The average Bonchev–Trinajstić information content (AvgIpc) is 3.14. The maximum atomic E-state index is 11.8. The monoisotopic (exact) mass is 345 g/mol. The lowest BCUT2D eigenvalue weighted by Crippen LogP contribution is -2.28. The zero-order valence-electron chi connectivity index (χ0n) is 13.4. The van der Waals surface area contributed by atoms with Gasteiger partial charge < -0.3 is 15.0 Å². The molecular weight excluding hydrogens is 326 g/mol. The summed E-state index contributed by atoms with van der Waals surface area (Å²) in [7, 11) is 0. The second-order valence-corrected chi connectivity index (χ2v) is 6.17. The molecule has 1 N–H and O–H groups in total. The van der Waals surface area contributed by atoms with E-state index >= 15 is 0 Å². The minimum Gasteiger partial charge on any atom is -0.484 e. The molecule has 5 nitrogen and oxygen atoms in total. The Kier molecular flexibility index (Phi) is 5.54. The van der Waals surface area contributed by atoms with E-state index in [0.29, 0.717) is 17.3 Å². The van der Waals surface area contributed by atoms with Crippen molar-refractivity contribution in [2.75, 3.05) is 24.6 Å². The molecule has 1 aromatic carbocycles. The molecule has 0 spiro atoms. The second-order valence-electron chi connectivity index (χ2n) is 5.74. The molecule has 0 radical (unpaired) electrons. The van der Waals surface area contributed by atoms with E-state index in [1.165, 1.54) is 12.8 Å². The first kappa shape index (κ1) is 16.6.